The first-order valence-electron chi connectivity index (χ1n) is 5.58. The Balaban J connectivity index is 2.45. The predicted octanol–water partition coefficient (Wildman–Crippen LogP) is 3.86. The second-order valence-electron chi connectivity index (χ2n) is 3.77. The van der Waals surface area contributed by atoms with Crippen LogP contribution < -0.4 is 0 Å². The summed E-state index contributed by atoms with van der Waals surface area (Å²) in [7, 11) is 1.40. The summed E-state index contributed by atoms with van der Waals surface area (Å²) in [5, 5.41) is 0. The standard InChI is InChI=1S/C15H14O2S/c1-17-15(16)13-9-8-12(10-14(13)18-2)11-6-4-3-5-7-11/h3-10H,1-2H3. The van der Waals surface area contributed by atoms with E-state index >= 15 is 0 Å². The highest BCUT2D eigenvalue weighted by Gasteiger charge is 2.12. The van der Waals surface area contributed by atoms with Crippen LogP contribution in [0, 0.1) is 0 Å². The molecule has 0 bridgehead atoms. The number of ether oxygens (including phenoxy) is 1. The molecule has 2 aromatic rings. The zero-order valence-electron chi connectivity index (χ0n) is 10.3. The third-order valence-corrected chi connectivity index (χ3v) is 3.49. The van der Waals surface area contributed by atoms with Crippen molar-refractivity contribution in [3.63, 3.8) is 0 Å². The van der Waals surface area contributed by atoms with Crippen molar-refractivity contribution in [2.75, 3.05) is 13.4 Å². The zero-order valence-corrected chi connectivity index (χ0v) is 11.2. The summed E-state index contributed by atoms with van der Waals surface area (Å²) in [5.74, 6) is -0.293. The van der Waals surface area contributed by atoms with Gasteiger partial charge in [0.15, 0.2) is 0 Å². The predicted molar refractivity (Wildman–Crippen MR) is 75.0 cm³/mol. The molecular weight excluding hydrogens is 244 g/mol. The third kappa shape index (κ3) is 2.57. The lowest BCUT2D eigenvalue weighted by molar-refractivity contribution is 0.0597. The van der Waals surface area contributed by atoms with Crippen LogP contribution in [0.1, 0.15) is 10.4 Å². The first-order valence-corrected chi connectivity index (χ1v) is 6.80. The minimum atomic E-state index is -0.293. The topological polar surface area (TPSA) is 26.3 Å². The van der Waals surface area contributed by atoms with Crippen LogP contribution in [-0.2, 0) is 4.74 Å². The van der Waals surface area contributed by atoms with Gasteiger partial charge in [-0.1, -0.05) is 36.4 Å². The van der Waals surface area contributed by atoms with Crippen LogP contribution in [0.15, 0.2) is 53.4 Å². The molecule has 2 nitrogen and oxygen atoms in total. The second kappa shape index (κ2) is 5.74. The molecule has 0 fully saturated rings. The van der Waals surface area contributed by atoms with Crippen LogP contribution in [0.4, 0.5) is 0 Å². The minimum absolute atomic E-state index is 0.293. The molecule has 0 saturated heterocycles. The van der Waals surface area contributed by atoms with E-state index in [0.29, 0.717) is 5.56 Å². The molecule has 0 aliphatic rings. The van der Waals surface area contributed by atoms with Crippen molar-refractivity contribution in [3.8, 4) is 11.1 Å². The fraction of sp³-hybridized carbons (Fsp3) is 0.133. The van der Waals surface area contributed by atoms with Gasteiger partial charge in [-0.2, -0.15) is 0 Å². The number of carbonyl (C=O) groups is 1. The molecule has 0 saturated carbocycles. The molecule has 0 aliphatic carbocycles. The smallest absolute Gasteiger partial charge is 0.338 e. The largest absolute Gasteiger partial charge is 0.465 e. The number of thioether (sulfide) groups is 1. The molecule has 0 unspecified atom stereocenters. The van der Waals surface area contributed by atoms with Gasteiger partial charge in [-0.3, -0.25) is 0 Å². The summed E-state index contributed by atoms with van der Waals surface area (Å²) in [4.78, 5) is 12.5. The molecular formula is C15H14O2S. The van der Waals surface area contributed by atoms with Crippen molar-refractivity contribution >= 4 is 17.7 Å². The molecule has 18 heavy (non-hydrogen) atoms. The molecule has 0 atom stereocenters. The molecule has 3 heteroatoms. The van der Waals surface area contributed by atoms with E-state index in [4.69, 9.17) is 4.74 Å². The molecule has 0 amide bonds. The van der Waals surface area contributed by atoms with E-state index in [0.717, 1.165) is 16.0 Å². The molecule has 0 spiro atoms. The number of carbonyl (C=O) groups excluding carboxylic acids is 1. The van der Waals surface area contributed by atoms with Crippen molar-refractivity contribution < 1.29 is 9.53 Å². The number of esters is 1. The van der Waals surface area contributed by atoms with Crippen LogP contribution in [0.25, 0.3) is 11.1 Å². The average molecular weight is 258 g/mol. The Morgan fingerprint density at radius 3 is 2.39 bits per heavy atom. The van der Waals surface area contributed by atoms with Crippen LogP contribution in [-0.4, -0.2) is 19.3 Å². The van der Waals surface area contributed by atoms with E-state index in [1.54, 1.807) is 11.8 Å². The lowest BCUT2D eigenvalue weighted by Gasteiger charge is -2.08. The van der Waals surface area contributed by atoms with Gasteiger partial charge in [0.2, 0.25) is 0 Å². The highest BCUT2D eigenvalue weighted by atomic mass is 32.2. The number of methoxy groups -OCH3 is 1. The van der Waals surface area contributed by atoms with E-state index in [2.05, 4.69) is 12.1 Å². The van der Waals surface area contributed by atoms with Crippen molar-refractivity contribution in [3.05, 3.63) is 54.1 Å². The number of benzene rings is 2. The summed E-state index contributed by atoms with van der Waals surface area (Å²) in [6.45, 7) is 0. The molecule has 0 aliphatic heterocycles. The fourth-order valence-electron chi connectivity index (χ4n) is 1.78. The maximum absolute atomic E-state index is 11.6. The first-order chi connectivity index (χ1) is 8.76. The summed E-state index contributed by atoms with van der Waals surface area (Å²) in [6, 6.07) is 15.9. The summed E-state index contributed by atoms with van der Waals surface area (Å²) < 4.78 is 4.77. The van der Waals surface area contributed by atoms with Crippen molar-refractivity contribution in [1.82, 2.24) is 0 Å². The summed E-state index contributed by atoms with van der Waals surface area (Å²) in [6.07, 6.45) is 1.95. The highest BCUT2D eigenvalue weighted by Crippen LogP contribution is 2.28. The van der Waals surface area contributed by atoms with E-state index in [9.17, 15) is 4.79 Å². The van der Waals surface area contributed by atoms with Crippen LogP contribution in [0.3, 0.4) is 0 Å². The average Bonchev–Trinajstić information content (AvgIpc) is 2.46. The Hall–Kier alpha value is -1.74. The maximum atomic E-state index is 11.6. The molecule has 0 aromatic heterocycles. The van der Waals surface area contributed by atoms with E-state index in [1.165, 1.54) is 7.11 Å². The van der Waals surface area contributed by atoms with Gasteiger partial charge in [0.05, 0.1) is 12.7 Å². The Morgan fingerprint density at radius 1 is 1.06 bits per heavy atom. The van der Waals surface area contributed by atoms with Crippen LogP contribution in [0.5, 0.6) is 0 Å². The molecule has 0 radical (unpaired) electrons. The summed E-state index contributed by atoms with van der Waals surface area (Å²) in [5.41, 5.74) is 2.86. The lowest BCUT2D eigenvalue weighted by Crippen LogP contribution is -2.02. The fourth-order valence-corrected chi connectivity index (χ4v) is 2.40. The van der Waals surface area contributed by atoms with Gasteiger partial charge in [-0.15, -0.1) is 11.8 Å². The lowest BCUT2D eigenvalue weighted by atomic mass is 10.0. The van der Waals surface area contributed by atoms with E-state index < -0.39 is 0 Å². The monoisotopic (exact) mass is 258 g/mol. The van der Waals surface area contributed by atoms with Crippen molar-refractivity contribution in [1.29, 1.82) is 0 Å². The second-order valence-corrected chi connectivity index (χ2v) is 4.62. The maximum Gasteiger partial charge on any atom is 0.338 e. The highest BCUT2D eigenvalue weighted by molar-refractivity contribution is 7.98. The minimum Gasteiger partial charge on any atom is -0.465 e. The molecule has 2 rings (SSSR count). The van der Waals surface area contributed by atoms with Gasteiger partial charge in [0.25, 0.3) is 0 Å². The first kappa shape index (κ1) is 12.7. The number of hydrogen-bond donors (Lipinski definition) is 0. The van der Waals surface area contributed by atoms with Crippen molar-refractivity contribution in [2.45, 2.75) is 4.90 Å². The van der Waals surface area contributed by atoms with Gasteiger partial charge >= 0.3 is 5.97 Å². The number of hydrogen-bond acceptors (Lipinski definition) is 3. The SMILES string of the molecule is COC(=O)c1ccc(-c2ccccc2)cc1SC. The van der Waals surface area contributed by atoms with Gasteiger partial charge in [-0.05, 0) is 29.5 Å². The molecule has 92 valence electrons. The van der Waals surface area contributed by atoms with Crippen LogP contribution in [0.2, 0.25) is 0 Å². The number of rotatable bonds is 3. The van der Waals surface area contributed by atoms with Gasteiger partial charge in [-0.25, -0.2) is 4.79 Å². The van der Waals surface area contributed by atoms with Crippen LogP contribution >= 0.6 is 11.8 Å². The summed E-state index contributed by atoms with van der Waals surface area (Å²) >= 11 is 1.55. The zero-order chi connectivity index (χ0) is 13.0. The third-order valence-electron chi connectivity index (χ3n) is 2.71. The Morgan fingerprint density at radius 2 is 1.78 bits per heavy atom. The van der Waals surface area contributed by atoms with E-state index in [1.807, 2.05) is 42.7 Å². The quantitative estimate of drug-likeness (QED) is 0.617. The molecule has 2 aromatic carbocycles. The van der Waals surface area contributed by atoms with E-state index in [-0.39, 0.29) is 5.97 Å². The Labute approximate surface area is 111 Å². The Kier molecular flexibility index (Phi) is 4.05. The molecule has 0 N–H and O–H groups in total. The van der Waals surface area contributed by atoms with Gasteiger partial charge in [0, 0.05) is 4.90 Å². The van der Waals surface area contributed by atoms with Gasteiger partial charge < -0.3 is 4.74 Å². The van der Waals surface area contributed by atoms with Crippen molar-refractivity contribution in [2.24, 2.45) is 0 Å². The van der Waals surface area contributed by atoms with Gasteiger partial charge in [0.1, 0.15) is 0 Å². The normalized spacial score (nSPS) is 10.1. The molecule has 0 heterocycles. The Bertz CT molecular complexity index is 550.